The molecule has 1 heterocycles. The Labute approximate surface area is 166 Å². The van der Waals surface area contributed by atoms with E-state index < -0.39 is 11.9 Å². The fraction of sp³-hybridized carbons (Fsp3) is 0.0952. The molecule has 0 fully saturated rings. The van der Waals surface area contributed by atoms with Crippen LogP contribution in [0.4, 0.5) is 4.79 Å². The summed E-state index contributed by atoms with van der Waals surface area (Å²) in [4.78, 5) is 23.0. The maximum absolute atomic E-state index is 12.0. The summed E-state index contributed by atoms with van der Waals surface area (Å²) in [6.07, 6.45) is 1.48. The molecule has 0 spiro atoms. The van der Waals surface area contributed by atoms with Gasteiger partial charge in [-0.2, -0.15) is 5.26 Å². The van der Waals surface area contributed by atoms with Crippen molar-refractivity contribution < 1.29 is 9.59 Å². The van der Waals surface area contributed by atoms with Crippen LogP contribution in [0.15, 0.2) is 54.1 Å². The minimum atomic E-state index is -1.01. The van der Waals surface area contributed by atoms with Gasteiger partial charge >= 0.3 is 6.03 Å². The first-order valence-electron chi connectivity index (χ1n) is 8.45. The van der Waals surface area contributed by atoms with Crippen LogP contribution in [0.1, 0.15) is 16.8 Å². The van der Waals surface area contributed by atoms with Crippen molar-refractivity contribution in [3.05, 3.63) is 75.9 Å². The van der Waals surface area contributed by atoms with Gasteiger partial charge in [-0.15, -0.1) is 0 Å². The Morgan fingerprint density at radius 2 is 1.89 bits per heavy atom. The van der Waals surface area contributed by atoms with Crippen LogP contribution in [-0.4, -0.2) is 16.5 Å². The summed E-state index contributed by atoms with van der Waals surface area (Å²) in [6, 6.07) is 16.1. The number of nitrogens with two attached hydrogens (primary N) is 1. The fourth-order valence-electron chi connectivity index (χ4n) is 3.09. The number of urea groups is 1. The number of aromatic nitrogens is 1. The smallest absolute Gasteiger partial charge is 0.319 e. The maximum Gasteiger partial charge on any atom is 0.319 e. The molecular formula is C21H17ClN4O2. The summed E-state index contributed by atoms with van der Waals surface area (Å²) < 4.78 is 2.10. The highest BCUT2D eigenvalue weighted by atomic mass is 35.5. The van der Waals surface area contributed by atoms with Crippen LogP contribution in [0.2, 0.25) is 5.02 Å². The molecule has 140 valence electrons. The minimum Gasteiger partial charge on any atom is -0.351 e. The maximum atomic E-state index is 12.0. The largest absolute Gasteiger partial charge is 0.351 e. The summed E-state index contributed by atoms with van der Waals surface area (Å²) in [7, 11) is 0. The van der Waals surface area contributed by atoms with Crippen molar-refractivity contribution in [2.45, 2.75) is 13.5 Å². The summed E-state index contributed by atoms with van der Waals surface area (Å²) >= 11 is 5.97. The molecule has 2 aromatic carbocycles. The van der Waals surface area contributed by atoms with E-state index in [2.05, 4.69) is 4.57 Å². The Kier molecular flexibility index (Phi) is 5.48. The molecule has 0 bridgehead atoms. The molecule has 0 unspecified atom stereocenters. The molecule has 0 saturated heterocycles. The number of halogens is 1. The van der Waals surface area contributed by atoms with Crippen molar-refractivity contribution in [3.8, 4) is 6.07 Å². The number of para-hydroxylation sites is 1. The van der Waals surface area contributed by atoms with Gasteiger partial charge in [0.25, 0.3) is 5.91 Å². The summed E-state index contributed by atoms with van der Waals surface area (Å²) in [6.45, 7) is 2.52. The Hall–Kier alpha value is -3.56. The molecular weight excluding hydrogens is 376 g/mol. The standard InChI is InChI=1S/C21H17ClN4O2/c1-13-18(10-15(11-23)20(27)25-21(24)28)17-4-2-3-5-19(17)26(13)12-14-6-8-16(22)9-7-14/h2-10H,12H2,1H3,(H3,24,25,27,28)/b15-10-. The Morgan fingerprint density at radius 1 is 1.21 bits per heavy atom. The third-order valence-electron chi connectivity index (χ3n) is 4.42. The van der Waals surface area contributed by atoms with Crippen LogP contribution < -0.4 is 11.1 Å². The fourth-order valence-corrected chi connectivity index (χ4v) is 3.21. The lowest BCUT2D eigenvalue weighted by Gasteiger charge is -2.09. The highest BCUT2D eigenvalue weighted by Crippen LogP contribution is 2.29. The van der Waals surface area contributed by atoms with Crippen LogP contribution in [0, 0.1) is 18.3 Å². The van der Waals surface area contributed by atoms with Gasteiger partial charge in [-0.25, -0.2) is 4.79 Å². The zero-order valence-electron chi connectivity index (χ0n) is 15.1. The number of primary amides is 1. The van der Waals surface area contributed by atoms with Gasteiger partial charge in [0.05, 0.1) is 0 Å². The molecule has 3 aromatic rings. The normalized spacial score (nSPS) is 11.2. The van der Waals surface area contributed by atoms with E-state index in [9.17, 15) is 14.9 Å². The van der Waals surface area contributed by atoms with E-state index in [0.717, 1.165) is 27.7 Å². The summed E-state index contributed by atoms with van der Waals surface area (Å²) in [5.41, 5.74) is 8.44. The van der Waals surface area contributed by atoms with Crippen LogP contribution in [-0.2, 0) is 11.3 Å². The Bertz CT molecular complexity index is 1140. The van der Waals surface area contributed by atoms with Crippen molar-refractivity contribution in [1.82, 2.24) is 9.88 Å². The molecule has 7 heteroatoms. The molecule has 0 saturated carbocycles. The third kappa shape index (κ3) is 3.90. The number of imide groups is 1. The van der Waals surface area contributed by atoms with E-state index in [1.54, 1.807) is 0 Å². The third-order valence-corrected chi connectivity index (χ3v) is 4.68. The first-order valence-corrected chi connectivity index (χ1v) is 8.83. The Morgan fingerprint density at radius 3 is 2.54 bits per heavy atom. The van der Waals surface area contributed by atoms with Gasteiger partial charge in [0.1, 0.15) is 11.6 Å². The number of nitriles is 1. The van der Waals surface area contributed by atoms with Crippen LogP contribution in [0.3, 0.4) is 0 Å². The quantitative estimate of drug-likeness (QED) is 0.522. The van der Waals surface area contributed by atoms with E-state index in [1.807, 2.05) is 66.8 Å². The number of amides is 3. The molecule has 3 N–H and O–H groups in total. The second-order valence-corrected chi connectivity index (χ2v) is 6.65. The molecule has 0 aliphatic heterocycles. The molecule has 0 radical (unpaired) electrons. The lowest BCUT2D eigenvalue weighted by molar-refractivity contribution is -0.115. The average Bonchev–Trinajstić information content (AvgIpc) is 2.92. The topological polar surface area (TPSA) is 101 Å². The van der Waals surface area contributed by atoms with Crippen molar-refractivity contribution >= 4 is 40.5 Å². The molecule has 0 atom stereocenters. The average molecular weight is 393 g/mol. The number of rotatable bonds is 4. The number of hydrogen-bond acceptors (Lipinski definition) is 3. The zero-order valence-corrected chi connectivity index (χ0v) is 15.8. The lowest BCUT2D eigenvalue weighted by atomic mass is 10.1. The first kappa shape index (κ1) is 19.2. The number of nitrogens with zero attached hydrogens (tertiary/aromatic N) is 2. The van der Waals surface area contributed by atoms with Crippen LogP contribution in [0.5, 0.6) is 0 Å². The molecule has 6 nitrogen and oxygen atoms in total. The summed E-state index contributed by atoms with van der Waals surface area (Å²) in [5, 5.41) is 12.8. The molecule has 0 aliphatic carbocycles. The Balaban J connectivity index is 2.11. The van der Waals surface area contributed by atoms with Crippen molar-refractivity contribution in [2.24, 2.45) is 5.73 Å². The van der Waals surface area contributed by atoms with E-state index >= 15 is 0 Å². The van der Waals surface area contributed by atoms with Gasteiger partial charge in [0.2, 0.25) is 0 Å². The van der Waals surface area contributed by atoms with E-state index in [-0.39, 0.29) is 5.57 Å². The second kappa shape index (κ2) is 7.99. The number of carbonyl (C=O) groups is 2. The first-order chi connectivity index (χ1) is 13.4. The van der Waals surface area contributed by atoms with E-state index in [0.29, 0.717) is 11.6 Å². The molecule has 28 heavy (non-hydrogen) atoms. The summed E-state index contributed by atoms with van der Waals surface area (Å²) in [5.74, 6) is -0.830. The van der Waals surface area contributed by atoms with Gasteiger partial charge < -0.3 is 10.3 Å². The van der Waals surface area contributed by atoms with Crippen molar-refractivity contribution in [1.29, 1.82) is 5.26 Å². The lowest BCUT2D eigenvalue weighted by Crippen LogP contribution is -2.35. The SMILES string of the molecule is Cc1c(/C=C(/C#N)C(=O)NC(N)=O)c2ccccc2n1Cc1ccc(Cl)cc1. The van der Waals surface area contributed by atoms with Crippen molar-refractivity contribution in [3.63, 3.8) is 0 Å². The van der Waals surface area contributed by atoms with Crippen molar-refractivity contribution in [2.75, 3.05) is 0 Å². The van der Waals surface area contributed by atoms with Crippen LogP contribution >= 0.6 is 11.6 Å². The van der Waals surface area contributed by atoms with Gasteiger partial charge in [0.15, 0.2) is 0 Å². The van der Waals surface area contributed by atoms with Crippen LogP contribution in [0.25, 0.3) is 17.0 Å². The highest BCUT2D eigenvalue weighted by Gasteiger charge is 2.16. The van der Waals surface area contributed by atoms with E-state index in [1.165, 1.54) is 6.08 Å². The number of carbonyl (C=O) groups excluding carboxylic acids is 2. The highest BCUT2D eigenvalue weighted by molar-refractivity contribution is 6.30. The minimum absolute atomic E-state index is 0.198. The monoisotopic (exact) mass is 392 g/mol. The number of nitrogens with one attached hydrogen (secondary N) is 1. The van der Waals surface area contributed by atoms with Gasteiger partial charge in [-0.05, 0) is 36.8 Å². The van der Waals surface area contributed by atoms with Gasteiger partial charge in [0, 0.05) is 33.7 Å². The number of fused-ring (bicyclic) bond motifs is 1. The zero-order chi connectivity index (χ0) is 20.3. The van der Waals surface area contributed by atoms with Gasteiger partial charge in [-0.1, -0.05) is 41.9 Å². The van der Waals surface area contributed by atoms with E-state index in [4.69, 9.17) is 17.3 Å². The molecule has 3 rings (SSSR count). The predicted octanol–water partition coefficient (Wildman–Crippen LogP) is 3.75. The number of hydrogen-bond donors (Lipinski definition) is 2. The predicted molar refractivity (Wildman–Crippen MR) is 109 cm³/mol. The number of benzene rings is 2. The molecule has 3 amide bonds. The second-order valence-electron chi connectivity index (χ2n) is 6.22. The van der Waals surface area contributed by atoms with Gasteiger partial charge in [-0.3, -0.25) is 10.1 Å². The molecule has 0 aliphatic rings. The molecule has 1 aromatic heterocycles.